The molecule has 1 amide bonds. The van der Waals surface area contributed by atoms with Crippen LogP contribution in [0.5, 0.6) is 11.5 Å². The summed E-state index contributed by atoms with van der Waals surface area (Å²) >= 11 is 0. The number of ether oxygens (including phenoxy) is 3. The summed E-state index contributed by atoms with van der Waals surface area (Å²) in [5, 5.41) is 2.94. The Bertz CT molecular complexity index is 836. The second-order valence-corrected chi connectivity index (χ2v) is 7.16. The lowest BCUT2D eigenvalue weighted by atomic mass is 10.1. The molecule has 0 aliphatic carbocycles. The maximum atomic E-state index is 12.5. The Morgan fingerprint density at radius 1 is 1.11 bits per heavy atom. The van der Waals surface area contributed by atoms with E-state index in [4.69, 9.17) is 14.2 Å². The van der Waals surface area contributed by atoms with Gasteiger partial charge in [-0.05, 0) is 18.2 Å². The van der Waals surface area contributed by atoms with Crippen molar-refractivity contribution in [1.29, 1.82) is 0 Å². The Morgan fingerprint density at radius 3 is 2.75 bits per heavy atom. The predicted octanol–water partition coefficient (Wildman–Crippen LogP) is 0.905. The van der Waals surface area contributed by atoms with E-state index in [2.05, 4.69) is 34.5 Å². The van der Waals surface area contributed by atoms with Crippen LogP contribution in [0.2, 0.25) is 0 Å². The van der Waals surface area contributed by atoms with E-state index in [1.165, 1.54) is 11.3 Å². The van der Waals surface area contributed by atoms with E-state index in [0.717, 1.165) is 43.4 Å². The summed E-state index contributed by atoms with van der Waals surface area (Å²) in [6, 6.07) is 13.9. The van der Waals surface area contributed by atoms with Gasteiger partial charge in [0.2, 0.25) is 6.79 Å². The molecule has 1 unspecified atom stereocenters. The Kier molecular flexibility index (Phi) is 5.64. The molecular formula is C21H26N3O4+. The fraction of sp³-hybridized carbons (Fsp3) is 0.381. The number of likely N-dealkylation sites (N-methyl/N-ethyl adjacent to an activating group) is 1. The zero-order valence-electron chi connectivity index (χ0n) is 16.1. The lowest BCUT2D eigenvalue weighted by Crippen LogP contribution is -3.08. The largest absolute Gasteiger partial charge is 0.454 e. The van der Waals surface area contributed by atoms with Gasteiger partial charge in [0, 0.05) is 36.1 Å². The molecule has 2 aromatic rings. The van der Waals surface area contributed by atoms with Crippen molar-refractivity contribution in [3.8, 4) is 11.5 Å². The molecule has 2 N–H and O–H groups in total. The van der Waals surface area contributed by atoms with Gasteiger partial charge in [0.05, 0.1) is 20.3 Å². The monoisotopic (exact) mass is 384 g/mol. The number of hydrogen-bond acceptors (Lipinski definition) is 5. The number of rotatable bonds is 6. The van der Waals surface area contributed by atoms with Crippen molar-refractivity contribution in [2.45, 2.75) is 6.54 Å². The van der Waals surface area contributed by atoms with Gasteiger partial charge in [-0.15, -0.1) is 0 Å². The first-order chi connectivity index (χ1) is 13.7. The maximum absolute atomic E-state index is 12.5. The van der Waals surface area contributed by atoms with Gasteiger partial charge in [-0.3, -0.25) is 4.79 Å². The number of hydrogen-bond donors (Lipinski definition) is 2. The SMILES string of the molecule is C[NH+](CC(=O)Nc1ccc2c(c1)OCO2)Cc1ccccc1N1CCOCC1. The Balaban J connectivity index is 1.35. The number of amides is 1. The van der Waals surface area contributed by atoms with Crippen LogP contribution < -0.4 is 24.6 Å². The molecule has 0 aromatic heterocycles. The number of carbonyl (C=O) groups excluding carboxylic acids is 1. The van der Waals surface area contributed by atoms with Gasteiger partial charge in [0.1, 0.15) is 6.54 Å². The van der Waals surface area contributed by atoms with E-state index in [9.17, 15) is 4.79 Å². The van der Waals surface area contributed by atoms with Crippen LogP contribution in [0, 0.1) is 0 Å². The fourth-order valence-corrected chi connectivity index (χ4v) is 3.61. The molecule has 0 spiro atoms. The fourth-order valence-electron chi connectivity index (χ4n) is 3.61. The van der Waals surface area contributed by atoms with Crippen molar-refractivity contribution in [2.75, 3.05) is 56.9 Å². The van der Waals surface area contributed by atoms with Crippen molar-refractivity contribution < 1.29 is 23.9 Å². The molecule has 2 aliphatic rings. The van der Waals surface area contributed by atoms with Crippen molar-refractivity contribution in [1.82, 2.24) is 0 Å². The number of nitrogens with zero attached hydrogens (tertiary/aromatic N) is 1. The average molecular weight is 384 g/mol. The molecule has 7 heteroatoms. The summed E-state index contributed by atoms with van der Waals surface area (Å²) in [5.41, 5.74) is 3.20. The number of carbonyl (C=O) groups is 1. The van der Waals surface area contributed by atoms with Crippen LogP contribution in [0.3, 0.4) is 0 Å². The number of quaternary nitrogens is 1. The van der Waals surface area contributed by atoms with E-state index < -0.39 is 0 Å². The Labute approximate surface area is 164 Å². The highest BCUT2D eigenvalue weighted by atomic mass is 16.7. The van der Waals surface area contributed by atoms with Crippen molar-refractivity contribution in [3.63, 3.8) is 0 Å². The van der Waals surface area contributed by atoms with Crippen LogP contribution in [0.1, 0.15) is 5.56 Å². The van der Waals surface area contributed by atoms with Crippen LogP contribution in [0.25, 0.3) is 0 Å². The molecule has 28 heavy (non-hydrogen) atoms. The minimum absolute atomic E-state index is 0.0276. The number of nitrogens with one attached hydrogen (secondary N) is 2. The molecular weight excluding hydrogens is 358 g/mol. The van der Waals surface area contributed by atoms with Gasteiger partial charge in [-0.2, -0.15) is 0 Å². The minimum atomic E-state index is -0.0276. The smallest absolute Gasteiger partial charge is 0.279 e. The second-order valence-electron chi connectivity index (χ2n) is 7.16. The third-order valence-electron chi connectivity index (χ3n) is 4.95. The predicted molar refractivity (Wildman–Crippen MR) is 106 cm³/mol. The van der Waals surface area contributed by atoms with Gasteiger partial charge in [0.25, 0.3) is 5.91 Å². The third kappa shape index (κ3) is 4.37. The third-order valence-corrected chi connectivity index (χ3v) is 4.95. The summed E-state index contributed by atoms with van der Waals surface area (Å²) in [6.07, 6.45) is 0. The molecule has 0 bridgehead atoms. The normalized spacial score (nSPS) is 16.7. The van der Waals surface area contributed by atoms with E-state index in [1.807, 2.05) is 19.2 Å². The van der Waals surface area contributed by atoms with Crippen LogP contribution >= 0.6 is 0 Å². The van der Waals surface area contributed by atoms with Crippen LogP contribution in [0.15, 0.2) is 42.5 Å². The number of morpholine rings is 1. The van der Waals surface area contributed by atoms with Gasteiger partial charge in [0.15, 0.2) is 18.0 Å². The number of benzene rings is 2. The first-order valence-corrected chi connectivity index (χ1v) is 9.60. The second kappa shape index (κ2) is 8.50. The highest BCUT2D eigenvalue weighted by molar-refractivity contribution is 5.91. The zero-order valence-corrected chi connectivity index (χ0v) is 16.1. The first-order valence-electron chi connectivity index (χ1n) is 9.60. The van der Waals surface area contributed by atoms with Gasteiger partial charge < -0.3 is 29.3 Å². The maximum Gasteiger partial charge on any atom is 0.279 e. The summed E-state index contributed by atoms with van der Waals surface area (Å²) in [4.78, 5) is 16.0. The van der Waals surface area contributed by atoms with Crippen molar-refractivity contribution in [2.24, 2.45) is 0 Å². The topological polar surface area (TPSA) is 64.5 Å². The van der Waals surface area contributed by atoms with Crippen molar-refractivity contribution >= 4 is 17.3 Å². The number of para-hydroxylation sites is 1. The van der Waals surface area contributed by atoms with E-state index in [1.54, 1.807) is 6.07 Å². The van der Waals surface area contributed by atoms with Gasteiger partial charge in [-0.25, -0.2) is 0 Å². The zero-order chi connectivity index (χ0) is 19.3. The van der Waals surface area contributed by atoms with Gasteiger partial charge >= 0.3 is 0 Å². The lowest BCUT2D eigenvalue weighted by molar-refractivity contribution is -0.885. The molecule has 1 saturated heterocycles. The Hall–Kier alpha value is -2.77. The summed E-state index contributed by atoms with van der Waals surface area (Å²) in [7, 11) is 2.04. The molecule has 1 atom stereocenters. The standard InChI is InChI=1S/C21H25N3O4/c1-23(13-16-4-2-3-5-18(16)24-8-10-26-11-9-24)14-21(25)22-17-6-7-19-20(12-17)28-15-27-19/h2-7,12H,8-11,13-15H2,1H3,(H,22,25)/p+1. The van der Waals surface area contributed by atoms with Gasteiger partial charge in [-0.1, -0.05) is 18.2 Å². The quantitative estimate of drug-likeness (QED) is 0.775. The van der Waals surface area contributed by atoms with E-state index >= 15 is 0 Å². The molecule has 4 rings (SSSR count). The van der Waals surface area contributed by atoms with Crippen molar-refractivity contribution in [3.05, 3.63) is 48.0 Å². The van der Waals surface area contributed by atoms with Crippen LogP contribution in [-0.2, 0) is 16.1 Å². The number of anilines is 2. The molecule has 2 heterocycles. The molecule has 2 aromatic carbocycles. The molecule has 148 valence electrons. The number of fused-ring (bicyclic) bond motifs is 1. The highest BCUT2D eigenvalue weighted by Gasteiger charge is 2.19. The highest BCUT2D eigenvalue weighted by Crippen LogP contribution is 2.34. The molecule has 2 aliphatic heterocycles. The molecule has 0 radical (unpaired) electrons. The lowest BCUT2D eigenvalue weighted by Gasteiger charge is -2.30. The van der Waals surface area contributed by atoms with Crippen LogP contribution in [0.4, 0.5) is 11.4 Å². The Morgan fingerprint density at radius 2 is 1.89 bits per heavy atom. The summed E-state index contributed by atoms with van der Waals surface area (Å²) in [6.45, 7) is 4.71. The molecule has 0 saturated carbocycles. The molecule has 7 nitrogen and oxygen atoms in total. The first kappa shape index (κ1) is 18.6. The summed E-state index contributed by atoms with van der Waals surface area (Å²) < 4.78 is 16.1. The molecule has 1 fully saturated rings. The van der Waals surface area contributed by atoms with E-state index in [0.29, 0.717) is 18.0 Å². The summed E-state index contributed by atoms with van der Waals surface area (Å²) in [5.74, 6) is 1.35. The van der Waals surface area contributed by atoms with Crippen LogP contribution in [-0.4, -0.2) is 52.6 Å². The minimum Gasteiger partial charge on any atom is -0.454 e. The van der Waals surface area contributed by atoms with E-state index in [-0.39, 0.29) is 12.7 Å². The average Bonchev–Trinajstić information content (AvgIpc) is 3.16.